The summed E-state index contributed by atoms with van der Waals surface area (Å²) in [5.74, 6) is -0.296. The molecule has 0 saturated heterocycles. The summed E-state index contributed by atoms with van der Waals surface area (Å²) in [4.78, 5) is 11.5. The van der Waals surface area contributed by atoms with Crippen LogP contribution in [0.3, 0.4) is 0 Å². The van der Waals surface area contributed by atoms with Crippen LogP contribution in [0.25, 0.3) is 0 Å². The Bertz CT molecular complexity index is 225. The summed E-state index contributed by atoms with van der Waals surface area (Å²) in [7, 11) is 1.54. The van der Waals surface area contributed by atoms with Crippen molar-refractivity contribution in [3.63, 3.8) is 0 Å². The number of hydrogen-bond acceptors (Lipinski definition) is 4. The second-order valence-corrected chi connectivity index (χ2v) is 3.41. The number of hydrogen-bond donors (Lipinski definition) is 0. The number of rotatable bonds is 5. The third-order valence-electron chi connectivity index (χ3n) is 2.18. The average molecular weight is 214 g/mol. The molecule has 0 spiro atoms. The molecule has 1 heterocycles. The molecule has 0 bridgehead atoms. The SMILES string of the molecule is CCCCOC(=O)C1CC=CC(OC)O1. The minimum atomic E-state index is -0.517. The Kier molecular flexibility index (Phi) is 5.36. The van der Waals surface area contributed by atoms with E-state index in [1.807, 2.05) is 6.08 Å². The Labute approximate surface area is 90.2 Å². The number of carbonyl (C=O) groups is 1. The van der Waals surface area contributed by atoms with Gasteiger partial charge in [0.1, 0.15) is 0 Å². The van der Waals surface area contributed by atoms with Crippen LogP contribution >= 0.6 is 0 Å². The van der Waals surface area contributed by atoms with Crippen molar-refractivity contribution in [2.45, 2.75) is 38.6 Å². The summed E-state index contributed by atoms with van der Waals surface area (Å²) < 4.78 is 15.4. The molecule has 1 rings (SSSR count). The van der Waals surface area contributed by atoms with Gasteiger partial charge < -0.3 is 14.2 Å². The maximum absolute atomic E-state index is 11.5. The van der Waals surface area contributed by atoms with Crippen molar-refractivity contribution in [1.29, 1.82) is 0 Å². The highest BCUT2D eigenvalue weighted by atomic mass is 16.7. The fourth-order valence-electron chi connectivity index (χ4n) is 1.27. The molecule has 0 amide bonds. The van der Waals surface area contributed by atoms with E-state index >= 15 is 0 Å². The lowest BCUT2D eigenvalue weighted by atomic mass is 10.2. The van der Waals surface area contributed by atoms with Gasteiger partial charge in [-0.1, -0.05) is 19.4 Å². The number of unbranched alkanes of at least 4 members (excludes halogenated alkanes) is 1. The van der Waals surface area contributed by atoms with Crippen LogP contribution in [0.15, 0.2) is 12.2 Å². The van der Waals surface area contributed by atoms with Crippen LogP contribution in [-0.2, 0) is 19.0 Å². The zero-order chi connectivity index (χ0) is 11.1. The summed E-state index contributed by atoms with van der Waals surface area (Å²) >= 11 is 0. The molecule has 0 aliphatic carbocycles. The minimum Gasteiger partial charge on any atom is -0.464 e. The molecule has 2 unspecified atom stereocenters. The zero-order valence-corrected chi connectivity index (χ0v) is 9.27. The molecule has 0 N–H and O–H groups in total. The Balaban J connectivity index is 2.30. The third-order valence-corrected chi connectivity index (χ3v) is 2.18. The lowest BCUT2D eigenvalue weighted by Gasteiger charge is -2.23. The van der Waals surface area contributed by atoms with Crippen molar-refractivity contribution >= 4 is 5.97 Å². The molecule has 1 aliphatic rings. The molecule has 2 atom stereocenters. The average Bonchev–Trinajstić information content (AvgIpc) is 2.29. The van der Waals surface area contributed by atoms with Crippen molar-refractivity contribution in [3.8, 4) is 0 Å². The summed E-state index contributed by atoms with van der Waals surface area (Å²) in [6.45, 7) is 2.52. The van der Waals surface area contributed by atoms with Gasteiger partial charge in [-0.05, 0) is 12.5 Å². The predicted octanol–water partition coefficient (Wildman–Crippen LogP) is 1.65. The highest BCUT2D eigenvalue weighted by Crippen LogP contribution is 2.14. The van der Waals surface area contributed by atoms with E-state index in [4.69, 9.17) is 14.2 Å². The van der Waals surface area contributed by atoms with Crippen molar-refractivity contribution in [2.24, 2.45) is 0 Å². The van der Waals surface area contributed by atoms with Gasteiger partial charge in [0.05, 0.1) is 6.61 Å². The van der Waals surface area contributed by atoms with Crippen molar-refractivity contribution < 1.29 is 19.0 Å². The Hall–Kier alpha value is -0.870. The van der Waals surface area contributed by atoms with Gasteiger partial charge >= 0.3 is 5.97 Å². The van der Waals surface area contributed by atoms with Gasteiger partial charge in [0.25, 0.3) is 0 Å². The second kappa shape index (κ2) is 6.58. The largest absolute Gasteiger partial charge is 0.464 e. The first-order valence-electron chi connectivity index (χ1n) is 5.29. The zero-order valence-electron chi connectivity index (χ0n) is 9.27. The van der Waals surface area contributed by atoms with Crippen LogP contribution in [-0.4, -0.2) is 32.1 Å². The first kappa shape index (κ1) is 12.2. The van der Waals surface area contributed by atoms with Gasteiger partial charge in [-0.2, -0.15) is 0 Å². The first-order chi connectivity index (χ1) is 7.27. The fourth-order valence-corrected chi connectivity index (χ4v) is 1.27. The molecule has 4 heteroatoms. The van der Waals surface area contributed by atoms with E-state index in [2.05, 4.69) is 6.92 Å². The van der Waals surface area contributed by atoms with E-state index in [9.17, 15) is 4.79 Å². The number of methoxy groups -OCH3 is 1. The van der Waals surface area contributed by atoms with Crippen LogP contribution in [0.1, 0.15) is 26.2 Å². The summed E-state index contributed by atoms with van der Waals surface area (Å²) in [6, 6.07) is 0. The molecular weight excluding hydrogens is 196 g/mol. The number of esters is 1. The quantitative estimate of drug-likeness (QED) is 0.396. The van der Waals surface area contributed by atoms with Crippen LogP contribution in [0, 0.1) is 0 Å². The molecule has 0 aromatic heterocycles. The molecule has 86 valence electrons. The van der Waals surface area contributed by atoms with Crippen LogP contribution in [0.2, 0.25) is 0 Å². The second-order valence-electron chi connectivity index (χ2n) is 3.41. The Morgan fingerprint density at radius 2 is 2.40 bits per heavy atom. The van der Waals surface area contributed by atoms with Gasteiger partial charge in [0.2, 0.25) is 0 Å². The number of carbonyl (C=O) groups excluding carboxylic acids is 1. The fraction of sp³-hybridized carbons (Fsp3) is 0.727. The highest BCUT2D eigenvalue weighted by Gasteiger charge is 2.25. The van der Waals surface area contributed by atoms with E-state index in [1.54, 1.807) is 13.2 Å². The molecule has 0 fully saturated rings. The van der Waals surface area contributed by atoms with Crippen molar-refractivity contribution in [1.82, 2.24) is 0 Å². The molecular formula is C11H18O4. The summed E-state index contributed by atoms with van der Waals surface area (Å²) in [6.07, 6.45) is 5.19. The third kappa shape index (κ3) is 4.01. The van der Waals surface area contributed by atoms with E-state index in [0.29, 0.717) is 13.0 Å². The highest BCUT2D eigenvalue weighted by molar-refractivity contribution is 5.75. The van der Waals surface area contributed by atoms with Gasteiger partial charge in [-0.15, -0.1) is 0 Å². The Morgan fingerprint density at radius 1 is 1.60 bits per heavy atom. The van der Waals surface area contributed by atoms with Crippen molar-refractivity contribution in [2.75, 3.05) is 13.7 Å². The topological polar surface area (TPSA) is 44.8 Å². The first-order valence-corrected chi connectivity index (χ1v) is 5.29. The monoisotopic (exact) mass is 214 g/mol. The minimum absolute atomic E-state index is 0.296. The van der Waals surface area contributed by atoms with Gasteiger partial charge in [-0.3, -0.25) is 0 Å². The van der Waals surface area contributed by atoms with Crippen LogP contribution in [0.4, 0.5) is 0 Å². The normalized spacial score (nSPS) is 25.2. The Morgan fingerprint density at radius 3 is 3.07 bits per heavy atom. The predicted molar refractivity (Wildman–Crippen MR) is 55.3 cm³/mol. The van der Waals surface area contributed by atoms with Crippen molar-refractivity contribution in [3.05, 3.63) is 12.2 Å². The lowest BCUT2D eigenvalue weighted by molar-refractivity contribution is -0.178. The summed E-state index contributed by atoms with van der Waals surface area (Å²) in [5.41, 5.74) is 0. The van der Waals surface area contributed by atoms with Crippen LogP contribution in [0.5, 0.6) is 0 Å². The molecule has 15 heavy (non-hydrogen) atoms. The van der Waals surface area contributed by atoms with Gasteiger partial charge in [0, 0.05) is 13.5 Å². The standard InChI is InChI=1S/C11H18O4/c1-3-4-8-14-11(12)9-6-5-7-10(13-2)15-9/h5,7,9-10H,3-4,6,8H2,1-2H3. The van der Waals surface area contributed by atoms with E-state index in [0.717, 1.165) is 12.8 Å². The molecule has 0 radical (unpaired) electrons. The van der Waals surface area contributed by atoms with Gasteiger partial charge in [0.15, 0.2) is 12.4 Å². The lowest BCUT2D eigenvalue weighted by Crippen LogP contribution is -2.33. The maximum Gasteiger partial charge on any atom is 0.335 e. The molecule has 0 aromatic carbocycles. The molecule has 4 nitrogen and oxygen atoms in total. The smallest absolute Gasteiger partial charge is 0.335 e. The molecule has 1 aliphatic heterocycles. The van der Waals surface area contributed by atoms with Gasteiger partial charge in [-0.25, -0.2) is 4.79 Å². The van der Waals surface area contributed by atoms with E-state index < -0.39 is 12.4 Å². The maximum atomic E-state index is 11.5. The van der Waals surface area contributed by atoms with E-state index in [-0.39, 0.29) is 5.97 Å². The number of ether oxygens (including phenoxy) is 3. The summed E-state index contributed by atoms with van der Waals surface area (Å²) in [5, 5.41) is 0. The molecule has 0 saturated carbocycles. The van der Waals surface area contributed by atoms with Crippen LogP contribution < -0.4 is 0 Å². The molecule has 0 aromatic rings. The van der Waals surface area contributed by atoms with E-state index in [1.165, 1.54) is 0 Å².